The van der Waals surface area contributed by atoms with E-state index >= 15 is 0 Å². The number of rotatable bonds is 3. The van der Waals surface area contributed by atoms with Gasteiger partial charge in [0, 0.05) is 23.6 Å². The highest BCUT2D eigenvalue weighted by Crippen LogP contribution is 2.24. The van der Waals surface area contributed by atoms with Gasteiger partial charge < -0.3 is 10.6 Å². The topological polar surface area (TPSA) is 71.1 Å². The SMILES string of the molecule is C[C@@H](NC(=O)c1ccc2c(c1)CC(=O)N2)c1ccncc1. The van der Waals surface area contributed by atoms with E-state index in [9.17, 15) is 9.59 Å². The predicted octanol–water partition coefficient (Wildman–Crippen LogP) is 2.07. The molecule has 0 saturated carbocycles. The monoisotopic (exact) mass is 281 g/mol. The standard InChI is InChI=1S/C16H15N3O2/c1-10(11-4-6-17-7-5-11)18-16(21)12-2-3-14-13(8-12)9-15(20)19-14/h2-8,10H,9H2,1H3,(H,18,21)(H,19,20)/t10-/m1/s1. The Balaban J connectivity index is 1.74. The fourth-order valence-electron chi connectivity index (χ4n) is 2.39. The van der Waals surface area contributed by atoms with Crippen LogP contribution in [0.25, 0.3) is 0 Å². The van der Waals surface area contributed by atoms with Crippen LogP contribution in [0.2, 0.25) is 0 Å². The molecule has 5 nitrogen and oxygen atoms in total. The van der Waals surface area contributed by atoms with Crippen LogP contribution < -0.4 is 10.6 Å². The van der Waals surface area contributed by atoms with Gasteiger partial charge in [-0.1, -0.05) is 0 Å². The number of hydrogen-bond acceptors (Lipinski definition) is 3. The smallest absolute Gasteiger partial charge is 0.251 e. The first-order valence-electron chi connectivity index (χ1n) is 6.77. The third kappa shape index (κ3) is 2.76. The van der Waals surface area contributed by atoms with E-state index in [0.29, 0.717) is 12.0 Å². The number of carbonyl (C=O) groups excluding carboxylic acids is 2. The number of nitrogens with one attached hydrogen (secondary N) is 2. The zero-order valence-electron chi connectivity index (χ0n) is 11.6. The van der Waals surface area contributed by atoms with Crippen LogP contribution in [0.4, 0.5) is 5.69 Å². The highest BCUT2D eigenvalue weighted by Gasteiger charge is 2.19. The average molecular weight is 281 g/mol. The zero-order chi connectivity index (χ0) is 14.8. The first-order chi connectivity index (χ1) is 10.1. The molecule has 106 valence electrons. The maximum absolute atomic E-state index is 12.3. The van der Waals surface area contributed by atoms with Gasteiger partial charge in [-0.3, -0.25) is 14.6 Å². The van der Waals surface area contributed by atoms with E-state index in [1.807, 2.05) is 19.1 Å². The van der Waals surface area contributed by atoms with Crippen molar-refractivity contribution in [2.75, 3.05) is 5.32 Å². The summed E-state index contributed by atoms with van der Waals surface area (Å²) in [6.07, 6.45) is 3.73. The number of nitrogens with zero attached hydrogens (tertiary/aromatic N) is 1. The van der Waals surface area contributed by atoms with Crippen LogP contribution in [0.5, 0.6) is 0 Å². The molecule has 3 rings (SSSR count). The number of benzene rings is 1. The first-order valence-corrected chi connectivity index (χ1v) is 6.77. The molecule has 0 spiro atoms. The summed E-state index contributed by atoms with van der Waals surface area (Å²) in [7, 11) is 0. The third-order valence-electron chi connectivity index (χ3n) is 3.55. The Morgan fingerprint density at radius 3 is 2.81 bits per heavy atom. The first kappa shape index (κ1) is 13.3. The minimum Gasteiger partial charge on any atom is -0.346 e. The van der Waals surface area contributed by atoms with Crippen LogP contribution in [0.15, 0.2) is 42.7 Å². The van der Waals surface area contributed by atoms with Crippen molar-refractivity contribution in [1.82, 2.24) is 10.3 Å². The quantitative estimate of drug-likeness (QED) is 0.904. The number of amides is 2. The Hall–Kier alpha value is -2.69. The molecule has 0 aliphatic carbocycles. The summed E-state index contributed by atoms with van der Waals surface area (Å²) in [6, 6.07) is 8.90. The van der Waals surface area contributed by atoms with E-state index in [-0.39, 0.29) is 17.9 Å². The van der Waals surface area contributed by atoms with E-state index < -0.39 is 0 Å². The van der Waals surface area contributed by atoms with Crippen LogP contribution in [0.3, 0.4) is 0 Å². The lowest BCUT2D eigenvalue weighted by Gasteiger charge is -2.14. The van der Waals surface area contributed by atoms with Gasteiger partial charge in [-0.05, 0) is 48.4 Å². The number of aromatic nitrogens is 1. The van der Waals surface area contributed by atoms with Crippen molar-refractivity contribution < 1.29 is 9.59 Å². The molecule has 21 heavy (non-hydrogen) atoms. The summed E-state index contributed by atoms with van der Waals surface area (Å²) < 4.78 is 0. The van der Waals surface area contributed by atoms with Crippen LogP contribution in [0.1, 0.15) is 34.5 Å². The fourth-order valence-corrected chi connectivity index (χ4v) is 2.39. The highest BCUT2D eigenvalue weighted by atomic mass is 16.2. The maximum Gasteiger partial charge on any atom is 0.251 e. The van der Waals surface area contributed by atoms with Crippen LogP contribution >= 0.6 is 0 Å². The van der Waals surface area contributed by atoms with Gasteiger partial charge in [-0.25, -0.2) is 0 Å². The van der Waals surface area contributed by atoms with Gasteiger partial charge in [-0.2, -0.15) is 0 Å². The van der Waals surface area contributed by atoms with Crippen LogP contribution in [-0.2, 0) is 11.2 Å². The molecule has 5 heteroatoms. The summed E-state index contributed by atoms with van der Waals surface area (Å²) in [5, 5.41) is 5.70. The van der Waals surface area contributed by atoms with Gasteiger partial charge in [0.15, 0.2) is 0 Å². The summed E-state index contributed by atoms with van der Waals surface area (Å²) in [4.78, 5) is 27.6. The second-order valence-corrected chi connectivity index (χ2v) is 5.07. The van der Waals surface area contributed by atoms with Gasteiger partial charge in [0.2, 0.25) is 5.91 Å². The number of carbonyl (C=O) groups is 2. The lowest BCUT2D eigenvalue weighted by molar-refractivity contribution is -0.115. The van der Waals surface area contributed by atoms with Crippen LogP contribution in [0, 0.1) is 0 Å². The molecule has 0 saturated heterocycles. The van der Waals surface area contributed by atoms with E-state index in [0.717, 1.165) is 16.8 Å². The Kier molecular flexibility index (Phi) is 3.39. The molecule has 0 radical (unpaired) electrons. The van der Waals surface area contributed by atoms with Crippen molar-refractivity contribution in [1.29, 1.82) is 0 Å². The molecule has 1 atom stereocenters. The molecule has 1 aliphatic heterocycles. The molecule has 0 unspecified atom stereocenters. The van der Waals surface area contributed by atoms with Gasteiger partial charge in [0.05, 0.1) is 12.5 Å². The Morgan fingerprint density at radius 2 is 2.05 bits per heavy atom. The third-order valence-corrected chi connectivity index (χ3v) is 3.55. The van der Waals surface area contributed by atoms with Gasteiger partial charge in [0.1, 0.15) is 0 Å². The molecule has 1 aliphatic rings. The molecular formula is C16H15N3O2. The van der Waals surface area contributed by atoms with Gasteiger partial charge in [0.25, 0.3) is 5.91 Å². The van der Waals surface area contributed by atoms with E-state index in [1.54, 1.807) is 30.6 Å². The molecule has 2 N–H and O–H groups in total. The zero-order valence-corrected chi connectivity index (χ0v) is 11.6. The Morgan fingerprint density at radius 1 is 1.29 bits per heavy atom. The average Bonchev–Trinajstić information content (AvgIpc) is 2.87. The molecule has 0 fully saturated rings. The van der Waals surface area contributed by atoms with E-state index in [1.165, 1.54) is 0 Å². The van der Waals surface area contributed by atoms with Gasteiger partial charge >= 0.3 is 0 Å². The Bertz CT molecular complexity index is 698. The van der Waals surface area contributed by atoms with E-state index in [2.05, 4.69) is 15.6 Å². The minimum absolute atomic E-state index is 0.0345. The van der Waals surface area contributed by atoms with Crippen molar-refractivity contribution in [2.45, 2.75) is 19.4 Å². The summed E-state index contributed by atoms with van der Waals surface area (Å²) in [6.45, 7) is 1.92. The van der Waals surface area contributed by atoms with Crippen molar-refractivity contribution in [3.05, 3.63) is 59.4 Å². The summed E-state index contributed by atoms with van der Waals surface area (Å²) in [5.74, 6) is -0.186. The number of pyridine rings is 1. The second-order valence-electron chi connectivity index (χ2n) is 5.07. The lowest BCUT2D eigenvalue weighted by Crippen LogP contribution is -2.26. The molecule has 2 aromatic rings. The molecule has 2 heterocycles. The molecular weight excluding hydrogens is 266 g/mol. The van der Waals surface area contributed by atoms with Crippen molar-refractivity contribution in [2.24, 2.45) is 0 Å². The lowest BCUT2D eigenvalue weighted by atomic mass is 10.1. The van der Waals surface area contributed by atoms with E-state index in [4.69, 9.17) is 0 Å². The summed E-state index contributed by atoms with van der Waals surface area (Å²) in [5.41, 5.74) is 3.21. The molecule has 1 aromatic heterocycles. The predicted molar refractivity (Wildman–Crippen MR) is 78.9 cm³/mol. The number of fused-ring (bicyclic) bond motifs is 1. The maximum atomic E-state index is 12.3. The molecule has 0 bridgehead atoms. The van der Waals surface area contributed by atoms with Crippen molar-refractivity contribution in [3.63, 3.8) is 0 Å². The van der Waals surface area contributed by atoms with Crippen LogP contribution in [-0.4, -0.2) is 16.8 Å². The largest absolute Gasteiger partial charge is 0.346 e. The minimum atomic E-state index is -0.151. The fraction of sp³-hybridized carbons (Fsp3) is 0.188. The van der Waals surface area contributed by atoms with Crippen molar-refractivity contribution in [3.8, 4) is 0 Å². The molecule has 1 aromatic carbocycles. The Labute approximate surface area is 122 Å². The number of anilines is 1. The normalized spacial score (nSPS) is 14.2. The molecule has 2 amide bonds. The second kappa shape index (κ2) is 5.36. The highest BCUT2D eigenvalue weighted by molar-refractivity contribution is 6.01. The van der Waals surface area contributed by atoms with Crippen molar-refractivity contribution >= 4 is 17.5 Å². The van der Waals surface area contributed by atoms with Gasteiger partial charge in [-0.15, -0.1) is 0 Å². The number of hydrogen-bond donors (Lipinski definition) is 2. The summed E-state index contributed by atoms with van der Waals surface area (Å²) >= 11 is 0.